The highest BCUT2D eigenvalue weighted by Crippen LogP contribution is 2.34. The number of piperazine rings is 1. The fourth-order valence-electron chi connectivity index (χ4n) is 4.07. The molecule has 0 radical (unpaired) electrons. The van der Waals surface area contributed by atoms with Gasteiger partial charge in [-0.2, -0.15) is 0 Å². The van der Waals surface area contributed by atoms with Crippen LogP contribution in [0.25, 0.3) is 5.57 Å². The lowest BCUT2D eigenvalue weighted by Gasteiger charge is -2.36. The molecule has 2 aliphatic heterocycles. The van der Waals surface area contributed by atoms with E-state index in [0.717, 1.165) is 16.7 Å². The Morgan fingerprint density at radius 2 is 1.59 bits per heavy atom. The fraction of sp³-hybridized carbons (Fsp3) is 0.364. The second kappa shape index (κ2) is 7.66. The van der Waals surface area contributed by atoms with Crippen LogP contribution in [-0.4, -0.2) is 64.3 Å². The van der Waals surface area contributed by atoms with Crippen LogP contribution >= 0.6 is 0 Å². The van der Waals surface area contributed by atoms with Crippen LogP contribution < -0.4 is 4.90 Å². The molecule has 2 amide bonds. The molecule has 0 N–H and O–H groups in total. The van der Waals surface area contributed by atoms with Gasteiger partial charge >= 0.3 is 0 Å². The van der Waals surface area contributed by atoms with E-state index in [9.17, 15) is 9.59 Å². The molecule has 0 aliphatic carbocycles. The van der Waals surface area contributed by atoms with E-state index in [1.165, 1.54) is 4.90 Å². The minimum atomic E-state index is -0.201. The summed E-state index contributed by atoms with van der Waals surface area (Å²) in [4.78, 5) is 40.4. The number of aromatic nitrogens is 2. The van der Waals surface area contributed by atoms with E-state index < -0.39 is 0 Å². The summed E-state index contributed by atoms with van der Waals surface area (Å²) in [5, 5.41) is 0. The summed E-state index contributed by atoms with van der Waals surface area (Å²) in [5.74, 6) is 0.296. The molecule has 4 rings (SSSR count). The first-order valence-electron chi connectivity index (χ1n) is 9.96. The number of benzene rings is 1. The van der Waals surface area contributed by atoms with Crippen LogP contribution in [0, 0.1) is 13.8 Å². The van der Waals surface area contributed by atoms with Gasteiger partial charge in [0.1, 0.15) is 5.70 Å². The third kappa shape index (κ3) is 3.37. The number of carbonyl (C=O) groups excluding carboxylic acids is 2. The van der Waals surface area contributed by atoms with Gasteiger partial charge in [-0.1, -0.05) is 23.8 Å². The first-order valence-corrected chi connectivity index (χ1v) is 9.96. The molecule has 7 heteroatoms. The lowest BCUT2D eigenvalue weighted by molar-refractivity contribution is -0.137. The monoisotopic (exact) mass is 391 g/mol. The zero-order valence-electron chi connectivity index (χ0n) is 17.1. The third-order valence-electron chi connectivity index (χ3n) is 5.54. The average Bonchev–Trinajstić information content (AvgIpc) is 2.98. The average molecular weight is 391 g/mol. The predicted octanol–water partition coefficient (Wildman–Crippen LogP) is 2.02. The second-order valence-corrected chi connectivity index (χ2v) is 7.42. The van der Waals surface area contributed by atoms with Gasteiger partial charge in [-0.25, -0.2) is 9.97 Å². The number of anilines is 1. The van der Waals surface area contributed by atoms with Crippen LogP contribution in [-0.2, 0) is 9.59 Å². The smallest absolute Gasteiger partial charge is 0.277 e. The normalized spacial score (nSPS) is 17.6. The summed E-state index contributed by atoms with van der Waals surface area (Å²) in [6, 6.07) is 7.79. The van der Waals surface area contributed by atoms with Crippen LogP contribution in [0.15, 0.2) is 42.4 Å². The highest BCUT2D eigenvalue weighted by atomic mass is 16.2. The molecule has 0 bridgehead atoms. The van der Waals surface area contributed by atoms with E-state index in [0.29, 0.717) is 49.9 Å². The summed E-state index contributed by atoms with van der Waals surface area (Å²) < 4.78 is 0. The van der Waals surface area contributed by atoms with Gasteiger partial charge in [-0.15, -0.1) is 0 Å². The van der Waals surface area contributed by atoms with Gasteiger partial charge < -0.3 is 9.80 Å². The molecule has 0 saturated carbocycles. The molecule has 0 unspecified atom stereocenters. The maximum atomic E-state index is 13.1. The number of likely N-dealkylation sites (N-methyl/N-ethyl adjacent to an activating group) is 1. The molecule has 1 fully saturated rings. The third-order valence-corrected chi connectivity index (χ3v) is 5.54. The molecule has 150 valence electrons. The van der Waals surface area contributed by atoms with Crippen molar-refractivity contribution in [2.24, 2.45) is 0 Å². The van der Waals surface area contributed by atoms with E-state index in [1.807, 2.05) is 37.8 Å². The Balaban J connectivity index is 1.68. The molecule has 3 heterocycles. The number of carbonyl (C=O) groups is 2. The molecule has 1 aromatic heterocycles. The first-order chi connectivity index (χ1) is 14.0. The van der Waals surface area contributed by atoms with Crippen LogP contribution in [0.3, 0.4) is 0 Å². The lowest BCUT2D eigenvalue weighted by Crippen LogP contribution is -2.48. The second-order valence-electron chi connectivity index (χ2n) is 7.42. The number of hydrogen-bond donors (Lipinski definition) is 0. The van der Waals surface area contributed by atoms with Crippen molar-refractivity contribution in [3.63, 3.8) is 0 Å². The molecular formula is C22H25N5O2. The molecule has 2 aromatic rings. The van der Waals surface area contributed by atoms with Crippen molar-refractivity contribution < 1.29 is 9.59 Å². The van der Waals surface area contributed by atoms with Crippen molar-refractivity contribution in [1.82, 2.24) is 19.8 Å². The minimum Gasteiger partial charge on any atom is -0.363 e. The Bertz CT molecular complexity index is 978. The van der Waals surface area contributed by atoms with E-state index in [1.54, 1.807) is 18.5 Å². The summed E-state index contributed by atoms with van der Waals surface area (Å²) in [6.07, 6.45) is 3.46. The SMILES string of the molecule is CCN1C(=O)C(c2ccc(C)cc2C)=C(N2CCN(c3ncccn3)CC2)C1=O. The van der Waals surface area contributed by atoms with Crippen LogP contribution in [0.2, 0.25) is 0 Å². The van der Waals surface area contributed by atoms with E-state index >= 15 is 0 Å². The lowest BCUT2D eigenvalue weighted by atomic mass is 9.97. The fourth-order valence-corrected chi connectivity index (χ4v) is 4.07. The quantitative estimate of drug-likeness (QED) is 0.743. The summed E-state index contributed by atoms with van der Waals surface area (Å²) in [6.45, 7) is 8.89. The summed E-state index contributed by atoms with van der Waals surface area (Å²) in [7, 11) is 0. The maximum absolute atomic E-state index is 13.1. The zero-order chi connectivity index (χ0) is 20.5. The number of aryl methyl sites for hydroxylation is 2. The molecule has 7 nitrogen and oxygen atoms in total. The maximum Gasteiger partial charge on any atom is 0.277 e. The summed E-state index contributed by atoms with van der Waals surface area (Å²) >= 11 is 0. The number of rotatable bonds is 4. The van der Waals surface area contributed by atoms with E-state index in [2.05, 4.69) is 20.9 Å². The van der Waals surface area contributed by atoms with Crippen LogP contribution in [0.5, 0.6) is 0 Å². The van der Waals surface area contributed by atoms with Gasteiger partial charge in [0.25, 0.3) is 11.8 Å². The van der Waals surface area contributed by atoms with Gasteiger partial charge in [0.15, 0.2) is 0 Å². The Hall–Kier alpha value is -3.22. The minimum absolute atomic E-state index is 0.197. The topological polar surface area (TPSA) is 69.6 Å². The van der Waals surface area contributed by atoms with Gasteiger partial charge in [-0.3, -0.25) is 14.5 Å². The number of nitrogens with zero attached hydrogens (tertiary/aromatic N) is 5. The molecule has 29 heavy (non-hydrogen) atoms. The first kappa shape index (κ1) is 19.1. The highest BCUT2D eigenvalue weighted by molar-refractivity contribution is 6.35. The van der Waals surface area contributed by atoms with Gasteiger partial charge in [-0.05, 0) is 38.0 Å². The molecule has 0 spiro atoms. The standard InChI is InChI=1S/C22H25N5O2/c1-4-27-20(28)18(17-7-6-15(2)14-16(17)3)19(21(27)29)25-10-12-26(13-11-25)22-23-8-5-9-24-22/h5-9,14H,4,10-13H2,1-3H3. The Kier molecular flexibility index (Phi) is 5.05. The van der Waals surface area contributed by atoms with E-state index in [4.69, 9.17) is 0 Å². The van der Waals surface area contributed by atoms with Crippen LogP contribution in [0.1, 0.15) is 23.6 Å². The highest BCUT2D eigenvalue weighted by Gasteiger charge is 2.41. The largest absolute Gasteiger partial charge is 0.363 e. The summed E-state index contributed by atoms with van der Waals surface area (Å²) in [5.41, 5.74) is 4.03. The van der Waals surface area contributed by atoms with Gasteiger partial charge in [0, 0.05) is 45.1 Å². The Morgan fingerprint density at radius 3 is 2.21 bits per heavy atom. The zero-order valence-corrected chi connectivity index (χ0v) is 17.1. The molecular weight excluding hydrogens is 366 g/mol. The van der Waals surface area contributed by atoms with Crippen molar-refractivity contribution >= 4 is 23.3 Å². The molecule has 0 atom stereocenters. The number of imide groups is 1. The molecule has 1 saturated heterocycles. The van der Waals surface area contributed by atoms with Crippen LogP contribution in [0.4, 0.5) is 5.95 Å². The van der Waals surface area contributed by atoms with E-state index in [-0.39, 0.29) is 11.8 Å². The van der Waals surface area contributed by atoms with Crippen molar-refractivity contribution in [2.75, 3.05) is 37.6 Å². The number of hydrogen-bond acceptors (Lipinski definition) is 6. The molecule has 2 aliphatic rings. The van der Waals surface area contributed by atoms with Gasteiger partial charge in [0.05, 0.1) is 5.57 Å². The molecule has 1 aromatic carbocycles. The van der Waals surface area contributed by atoms with Crippen molar-refractivity contribution in [3.05, 3.63) is 59.0 Å². The Labute approximate surface area is 170 Å². The Morgan fingerprint density at radius 1 is 0.931 bits per heavy atom. The van der Waals surface area contributed by atoms with Crippen molar-refractivity contribution in [3.8, 4) is 0 Å². The number of amides is 2. The van der Waals surface area contributed by atoms with Crippen molar-refractivity contribution in [1.29, 1.82) is 0 Å². The van der Waals surface area contributed by atoms with Crippen molar-refractivity contribution in [2.45, 2.75) is 20.8 Å². The predicted molar refractivity (Wildman–Crippen MR) is 111 cm³/mol. The van der Waals surface area contributed by atoms with Gasteiger partial charge in [0.2, 0.25) is 5.95 Å².